The van der Waals surface area contributed by atoms with Crippen molar-refractivity contribution in [2.24, 2.45) is 0 Å². The standard InChI is InChI=1S/C10H11N3OS/c1-14-9-4-2-3-8(5-9)6-11-10-13-12-7-15-10/h2-5,7H,6H2,1H3,(H,11,13). The number of hydrogen-bond acceptors (Lipinski definition) is 5. The molecule has 0 amide bonds. The molecule has 0 aliphatic rings. The van der Waals surface area contributed by atoms with Crippen LogP contribution in [0.25, 0.3) is 0 Å². The molecule has 0 unspecified atom stereocenters. The molecule has 1 aromatic carbocycles. The van der Waals surface area contributed by atoms with E-state index in [1.54, 1.807) is 12.6 Å². The molecule has 0 bridgehead atoms. The first-order valence-electron chi connectivity index (χ1n) is 4.51. The van der Waals surface area contributed by atoms with Gasteiger partial charge < -0.3 is 10.1 Å². The second kappa shape index (κ2) is 4.75. The fourth-order valence-corrected chi connectivity index (χ4v) is 1.65. The number of hydrogen-bond donors (Lipinski definition) is 1. The lowest BCUT2D eigenvalue weighted by atomic mass is 10.2. The summed E-state index contributed by atoms with van der Waals surface area (Å²) >= 11 is 1.49. The minimum atomic E-state index is 0.729. The zero-order valence-electron chi connectivity index (χ0n) is 8.30. The van der Waals surface area contributed by atoms with Gasteiger partial charge in [-0.05, 0) is 17.7 Å². The van der Waals surface area contributed by atoms with Crippen LogP contribution in [0.2, 0.25) is 0 Å². The summed E-state index contributed by atoms with van der Waals surface area (Å²) in [5, 5.41) is 11.7. The summed E-state index contributed by atoms with van der Waals surface area (Å²) in [6, 6.07) is 7.93. The molecule has 4 nitrogen and oxygen atoms in total. The normalized spacial score (nSPS) is 9.93. The minimum Gasteiger partial charge on any atom is -0.497 e. The van der Waals surface area contributed by atoms with E-state index in [9.17, 15) is 0 Å². The quantitative estimate of drug-likeness (QED) is 0.859. The molecule has 0 aliphatic heterocycles. The van der Waals surface area contributed by atoms with Gasteiger partial charge in [-0.2, -0.15) is 0 Å². The monoisotopic (exact) mass is 221 g/mol. The molecule has 1 N–H and O–H groups in total. The molecule has 1 heterocycles. The van der Waals surface area contributed by atoms with Crippen LogP contribution in [0.5, 0.6) is 5.75 Å². The number of nitrogens with one attached hydrogen (secondary N) is 1. The van der Waals surface area contributed by atoms with Gasteiger partial charge in [0.1, 0.15) is 11.3 Å². The zero-order valence-corrected chi connectivity index (χ0v) is 9.12. The van der Waals surface area contributed by atoms with E-state index in [0.717, 1.165) is 23.0 Å². The van der Waals surface area contributed by atoms with Gasteiger partial charge in [-0.15, -0.1) is 10.2 Å². The molecule has 78 valence electrons. The highest BCUT2D eigenvalue weighted by molar-refractivity contribution is 7.13. The molecular weight excluding hydrogens is 210 g/mol. The zero-order chi connectivity index (χ0) is 10.5. The average molecular weight is 221 g/mol. The van der Waals surface area contributed by atoms with Crippen LogP contribution in [0, 0.1) is 0 Å². The lowest BCUT2D eigenvalue weighted by Crippen LogP contribution is -1.99. The molecule has 5 heteroatoms. The lowest BCUT2D eigenvalue weighted by Gasteiger charge is -2.04. The Bertz CT molecular complexity index is 416. The third-order valence-corrected chi connectivity index (χ3v) is 2.59. The van der Waals surface area contributed by atoms with E-state index in [1.165, 1.54) is 11.3 Å². The molecule has 0 spiro atoms. The number of aromatic nitrogens is 2. The van der Waals surface area contributed by atoms with Crippen molar-refractivity contribution in [3.8, 4) is 5.75 Å². The fourth-order valence-electron chi connectivity index (χ4n) is 1.21. The van der Waals surface area contributed by atoms with Gasteiger partial charge in [0.15, 0.2) is 0 Å². The number of methoxy groups -OCH3 is 1. The summed E-state index contributed by atoms with van der Waals surface area (Å²) in [6.45, 7) is 0.729. The first-order chi connectivity index (χ1) is 7.38. The van der Waals surface area contributed by atoms with Crippen LogP contribution in [-0.2, 0) is 6.54 Å². The number of benzene rings is 1. The Hall–Kier alpha value is -1.62. The van der Waals surface area contributed by atoms with Crippen molar-refractivity contribution in [1.82, 2.24) is 10.2 Å². The van der Waals surface area contributed by atoms with Crippen LogP contribution < -0.4 is 10.1 Å². The van der Waals surface area contributed by atoms with E-state index < -0.39 is 0 Å². The highest BCUT2D eigenvalue weighted by Gasteiger charge is 1.97. The van der Waals surface area contributed by atoms with Gasteiger partial charge in [0.2, 0.25) is 5.13 Å². The first-order valence-corrected chi connectivity index (χ1v) is 5.39. The topological polar surface area (TPSA) is 47.0 Å². The predicted octanol–water partition coefficient (Wildman–Crippen LogP) is 2.16. The summed E-state index contributed by atoms with van der Waals surface area (Å²) in [6.07, 6.45) is 0. The smallest absolute Gasteiger partial charge is 0.205 e. The van der Waals surface area contributed by atoms with E-state index in [1.807, 2.05) is 24.3 Å². The van der Waals surface area contributed by atoms with Gasteiger partial charge in [0, 0.05) is 6.54 Å². The third-order valence-electron chi connectivity index (χ3n) is 1.94. The first kappa shape index (κ1) is 9.92. The number of rotatable bonds is 4. The van der Waals surface area contributed by atoms with Gasteiger partial charge in [-0.3, -0.25) is 0 Å². The second-order valence-electron chi connectivity index (χ2n) is 2.95. The van der Waals surface area contributed by atoms with Crippen LogP contribution in [0.3, 0.4) is 0 Å². The highest BCUT2D eigenvalue weighted by Crippen LogP contribution is 2.15. The summed E-state index contributed by atoms with van der Waals surface area (Å²) in [7, 11) is 1.66. The van der Waals surface area contributed by atoms with E-state index in [-0.39, 0.29) is 0 Å². The highest BCUT2D eigenvalue weighted by atomic mass is 32.1. The van der Waals surface area contributed by atoms with Crippen LogP contribution in [0.15, 0.2) is 29.8 Å². The Kier molecular flexibility index (Phi) is 3.14. The molecule has 0 aliphatic carbocycles. The average Bonchev–Trinajstić information content (AvgIpc) is 2.79. The molecule has 2 aromatic rings. The van der Waals surface area contributed by atoms with Gasteiger partial charge in [0.25, 0.3) is 0 Å². The van der Waals surface area contributed by atoms with Crippen molar-refractivity contribution in [2.75, 3.05) is 12.4 Å². The van der Waals surface area contributed by atoms with Crippen molar-refractivity contribution < 1.29 is 4.74 Å². The summed E-state index contributed by atoms with van der Waals surface area (Å²) in [4.78, 5) is 0. The number of ether oxygens (including phenoxy) is 1. The molecule has 0 radical (unpaired) electrons. The Balaban J connectivity index is 1.98. The summed E-state index contributed by atoms with van der Waals surface area (Å²) in [5.74, 6) is 0.867. The number of nitrogens with zero attached hydrogens (tertiary/aromatic N) is 2. The Labute approximate surface area is 91.9 Å². The maximum absolute atomic E-state index is 5.14. The lowest BCUT2D eigenvalue weighted by molar-refractivity contribution is 0.414. The van der Waals surface area contributed by atoms with Gasteiger partial charge >= 0.3 is 0 Å². The maximum atomic E-state index is 5.14. The maximum Gasteiger partial charge on any atom is 0.205 e. The van der Waals surface area contributed by atoms with Crippen molar-refractivity contribution in [1.29, 1.82) is 0 Å². The van der Waals surface area contributed by atoms with E-state index in [4.69, 9.17) is 4.74 Å². The largest absolute Gasteiger partial charge is 0.497 e. The minimum absolute atomic E-state index is 0.729. The molecule has 0 fully saturated rings. The van der Waals surface area contributed by atoms with Crippen molar-refractivity contribution >= 4 is 16.5 Å². The van der Waals surface area contributed by atoms with E-state index in [0.29, 0.717) is 0 Å². The SMILES string of the molecule is COc1cccc(CNc2nncs2)c1. The van der Waals surface area contributed by atoms with Crippen molar-refractivity contribution in [3.05, 3.63) is 35.3 Å². The summed E-state index contributed by atoms with van der Waals surface area (Å²) in [5.41, 5.74) is 2.86. The van der Waals surface area contributed by atoms with E-state index >= 15 is 0 Å². The van der Waals surface area contributed by atoms with E-state index in [2.05, 4.69) is 15.5 Å². The van der Waals surface area contributed by atoms with Crippen LogP contribution in [0.1, 0.15) is 5.56 Å². The Morgan fingerprint density at radius 2 is 2.40 bits per heavy atom. The van der Waals surface area contributed by atoms with Gasteiger partial charge in [0.05, 0.1) is 7.11 Å². The predicted molar refractivity (Wildman–Crippen MR) is 60.2 cm³/mol. The molecule has 1 aromatic heterocycles. The molecule has 0 saturated carbocycles. The second-order valence-corrected chi connectivity index (χ2v) is 3.78. The van der Waals surface area contributed by atoms with Crippen LogP contribution in [-0.4, -0.2) is 17.3 Å². The third kappa shape index (κ3) is 2.66. The molecule has 2 rings (SSSR count). The summed E-state index contributed by atoms with van der Waals surface area (Å²) < 4.78 is 5.14. The number of anilines is 1. The Morgan fingerprint density at radius 1 is 1.47 bits per heavy atom. The molecule has 0 saturated heterocycles. The molecule has 0 atom stereocenters. The Morgan fingerprint density at radius 3 is 3.13 bits per heavy atom. The van der Waals surface area contributed by atoms with Gasteiger partial charge in [-0.1, -0.05) is 23.5 Å². The van der Waals surface area contributed by atoms with Crippen molar-refractivity contribution in [3.63, 3.8) is 0 Å². The van der Waals surface area contributed by atoms with Crippen molar-refractivity contribution in [2.45, 2.75) is 6.54 Å². The van der Waals surface area contributed by atoms with Crippen LogP contribution >= 0.6 is 11.3 Å². The van der Waals surface area contributed by atoms with Gasteiger partial charge in [-0.25, -0.2) is 0 Å². The fraction of sp³-hybridized carbons (Fsp3) is 0.200. The van der Waals surface area contributed by atoms with Crippen LogP contribution in [0.4, 0.5) is 5.13 Å². The molecular formula is C10H11N3OS. The molecule has 15 heavy (non-hydrogen) atoms.